The molecule has 0 atom stereocenters. The van der Waals surface area contributed by atoms with Gasteiger partial charge < -0.3 is 20.4 Å². The molecule has 0 bridgehead atoms. The number of phenols is 4. The predicted octanol–water partition coefficient (Wildman–Crippen LogP) is 2.41. The molecule has 0 radical (unpaired) electrons. The van der Waals surface area contributed by atoms with Crippen LogP contribution in [-0.2, 0) is 0 Å². The fraction of sp³-hybridized carbons (Fsp3) is 0. The second-order valence-corrected chi connectivity index (χ2v) is 4.14. The zero-order chi connectivity index (χ0) is 14.7. The van der Waals surface area contributed by atoms with E-state index in [1.165, 1.54) is 36.4 Å². The second kappa shape index (κ2) is 5.36. The zero-order valence-corrected chi connectivity index (χ0v) is 10.3. The molecule has 102 valence electrons. The lowest BCUT2D eigenvalue weighted by Gasteiger charge is -2.02. The first-order chi connectivity index (χ1) is 9.47. The maximum absolute atomic E-state index is 11.9. The monoisotopic (exact) mass is 272 g/mol. The molecule has 0 saturated carbocycles. The lowest BCUT2D eigenvalue weighted by atomic mass is 10.1. The third kappa shape index (κ3) is 2.89. The first-order valence-corrected chi connectivity index (χ1v) is 5.74. The number of hydrogen-bond donors (Lipinski definition) is 4. The largest absolute Gasteiger partial charge is 0.508 e. The van der Waals surface area contributed by atoms with Crippen molar-refractivity contribution in [3.8, 4) is 23.0 Å². The zero-order valence-electron chi connectivity index (χ0n) is 10.3. The highest BCUT2D eigenvalue weighted by Crippen LogP contribution is 2.25. The molecule has 2 rings (SSSR count). The summed E-state index contributed by atoms with van der Waals surface area (Å²) in [5.74, 6) is -1.19. The summed E-state index contributed by atoms with van der Waals surface area (Å²) >= 11 is 0. The van der Waals surface area contributed by atoms with Crippen molar-refractivity contribution in [3.63, 3.8) is 0 Å². The maximum atomic E-state index is 11.9. The Balaban J connectivity index is 2.24. The van der Waals surface area contributed by atoms with E-state index in [1.807, 2.05) is 0 Å². The van der Waals surface area contributed by atoms with E-state index in [9.17, 15) is 15.0 Å². The number of allylic oxidation sites excluding steroid dienone is 1. The third-order valence-electron chi connectivity index (χ3n) is 2.68. The fourth-order valence-electron chi connectivity index (χ4n) is 1.66. The normalized spacial score (nSPS) is 10.8. The van der Waals surface area contributed by atoms with Crippen LogP contribution >= 0.6 is 0 Å². The van der Waals surface area contributed by atoms with E-state index in [1.54, 1.807) is 0 Å². The van der Waals surface area contributed by atoms with Crippen LogP contribution in [0, 0.1) is 0 Å². The summed E-state index contributed by atoms with van der Waals surface area (Å²) in [6.07, 6.45) is 2.54. The molecule has 0 aromatic heterocycles. The Morgan fingerprint density at radius 1 is 0.850 bits per heavy atom. The van der Waals surface area contributed by atoms with Crippen LogP contribution in [0.15, 0.2) is 42.5 Å². The Morgan fingerprint density at radius 2 is 1.45 bits per heavy atom. The van der Waals surface area contributed by atoms with Crippen LogP contribution in [0.25, 0.3) is 6.08 Å². The molecule has 0 spiro atoms. The van der Waals surface area contributed by atoms with Crippen molar-refractivity contribution in [1.29, 1.82) is 0 Å². The van der Waals surface area contributed by atoms with Gasteiger partial charge in [-0.3, -0.25) is 4.79 Å². The molecule has 0 aliphatic carbocycles. The molecule has 0 saturated heterocycles. The van der Waals surface area contributed by atoms with Crippen molar-refractivity contribution in [1.82, 2.24) is 0 Å². The number of ketones is 1. The molecular formula is C15H12O5. The van der Waals surface area contributed by atoms with Crippen molar-refractivity contribution < 1.29 is 25.2 Å². The van der Waals surface area contributed by atoms with Gasteiger partial charge in [-0.05, 0) is 36.4 Å². The topological polar surface area (TPSA) is 98.0 Å². The summed E-state index contributed by atoms with van der Waals surface area (Å²) in [5, 5.41) is 37.4. The van der Waals surface area contributed by atoms with E-state index in [0.29, 0.717) is 5.56 Å². The summed E-state index contributed by atoms with van der Waals surface area (Å²) in [6.45, 7) is 0. The van der Waals surface area contributed by atoms with Crippen molar-refractivity contribution in [2.45, 2.75) is 0 Å². The molecule has 0 unspecified atom stereocenters. The number of phenolic OH excluding ortho intramolecular Hbond substituents is 4. The van der Waals surface area contributed by atoms with Crippen molar-refractivity contribution >= 4 is 11.9 Å². The average Bonchev–Trinajstić information content (AvgIpc) is 2.37. The van der Waals surface area contributed by atoms with Crippen LogP contribution in [0.5, 0.6) is 23.0 Å². The lowest BCUT2D eigenvalue weighted by Crippen LogP contribution is -1.94. The van der Waals surface area contributed by atoms with E-state index in [2.05, 4.69) is 0 Å². The molecule has 0 heterocycles. The van der Waals surface area contributed by atoms with E-state index in [0.717, 1.165) is 12.1 Å². The van der Waals surface area contributed by atoms with Gasteiger partial charge in [-0.2, -0.15) is 0 Å². The van der Waals surface area contributed by atoms with Gasteiger partial charge in [0.05, 0.1) is 5.56 Å². The molecule has 5 nitrogen and oxygen atoms in total. The molecule has 0 fully saturated rings. The standard InChI is InChI=1S/C15H12O5/c16-10-3-1-9(14(19)7-10)2-6-13(18)12-5-4-11(17)8-15(12)20/h1-8,16-17,19-20H. The SMILES string of the molecule is O=C(C=Cc1ccc(O)cc1O)c1ccc(O)cc1O. The highest BCUT2D eigenvalue weighted by molar-refractivity contribution is 6.08. The average molecular weight is 272 g/mol. The van der Waals surface area contributed by atoms with Gasteiger partial charge in [-0.25, -0.2) is 0 Å². The maximum Gasteiger partial charge on any atom is 0.189 e. The van der Waals surface area contributed by atoms with Crippen LogP contribution in [-0.4, -0.2) is 26.2 Å². The molecular weight excluding hydrogens is 260 g/mol. The lowest BCUT2D eigenvalue weighted by molar-refractivity contribution is 0.104. The van der Waals surface area contributed by atoms with Crippen LogP contribution < -0.4 is 0 Å². The molecule has 0 aliphatic rings. The summed E-state index contributed by atoms with van der Waals surface area (Å²) in [7, 11) is 0. The van der Waals surface area contributed by atoms with Crippen molar-refractivity contribution in [2.75, 3.05) is 0 Å². The van der Waals surface area contributed by atoms with Crippen LogP contribution in [0.3, 0.4) is 0 Å². The number of benzene rings is 2. The number of aromatic hydroxyl groups is 4. The third-order valence-corrected chi connectivity index (χ3v) is 2.68. The quantitative estimate of drug-likeness (QED) is 0.508. The molecule has 0 amide bonds. The molecule has 4 N–H and O–H groups in total. The van der Waals surface area contributed by atoms with E-state index < -0.39 is 5.78 Å². The Labute approximate surface area is 114 Å². The highest BCUT2D eigenvalue weighted by Gasteiger charge is 2.09. The minimum Gasteiger partial charge on any atom is -0.508 e. The van der Waals surface area contributed by atoms with Gasteiger partial charge in [0.2, 0.25) is 0 Å². The second-order valence-electron chi connectivity index (χ2n) is 4.14. The van der Waals surface area contributed by atoms with E-state index in [4.69, 9.17) is 10.2 Å². The molecule has 2 aromatic rings. The Bertz CT molecular complexity index is 689. The number of rotatable bonds is 3. The summed E-state index contributed by atoms with van der Waals surface area (Å²) in [6, 6.07) is 7.64. The smallest absolute Gasteiger partial charge is 0.189 e. The molecule has 2 aromatic carbocycles. The number of carbonyl (C=O) groups is 1. The van der Waals surface area contributed by atoms with Gasteiger partial charge >= 0.3 is 0 Å². The first kappa shape index (κ1) is 13.5. The van der Waals surface area contributed by atoms with Gasteiger partial charge in [0.1, 0.15) is 23.0 Å². The Kier molecular flexibility index (Phi) is 3.61. The van der Waals surface area contributed by atoms with E-state index in [-0.39, 0.29) is 28.6 Å². The van der Waals surface area contributed by atoms with E-state index >= 15 is 0 Å². The minimum atomic E-state index is -0.477. The van der Waals surface area contributed by atoms with Crippen LogP contribution in [0.1, 0.15) is 15.9 Å². The van der Waals surface area contributed by atoms with Crippen molar-refractivity contribution in [2.24, 2.45) is 0 Å². The van der Waals surface area contributed by atoms with Crippen molar-refractivity contribution in [3.05, 3.63) is 53.6 Å². The van der Waals surface area contributed by atoms with Gasteiger partial charge in [0.15, 0.2) is 5.78 Å². The van der Waals surface area contributed by atoms with Crippen LogP contribution in [0.4, 0.5) is 0 Å². The fourth-order valence-corrected chi connectivity index (χ4v) is 1.66. The molecule has 0 aliphatic heterocycles. The number of hydrogen-bond acceptors (Lipinski definition) is 5. The predicted molar refractivity (Wildman–Crippen MR) is 72.9 cm³/mol. The molecule has 5 heteroatoms. The van der Waals surface area contributed by atoms with Crippen LogP contribution in [0.2, 0.25) is 0 Å². The molecule has 20 heavy (non-hydrogen) atoms. The summed E-state index contributed by atoms with van der Waals surface area (Å²) in [4.78, 5) is 11.9. The Morgan fingerprint density at radius 3 is 2.05 bits per heavy atom. The van der Waals surface area contributed by atoms with Gasteiger partial charge in [0.25, 0.3) is 0 Å². The van der Waals surface area contributed by atoms with Gasteiger partial charge in [-0.1, -0.05) is 0 Å². The van der Waals surface area contributed by atoms with Gasteiger partial charge in [-0.15, -0.1) is 0 Å². The highest BCUT2D eigenvalue weighted by atomic mass is 16.3. The summed E-state index contributed by atoms with van der Waals surface area (Å²) in [5.41, 5.74) is 0.395. The summed E-state index contributed by atoms with van der Waals surface area (Å²) < 4.78 is 0. The Hall–Kier alpha value is -2.95. The first-order valence-electron chi connectivity index (χ1n) is 5.74. The number of carbonyl (C=O) groups excluding carboxylic acids is 1. The minimum absolute atomic E-state index is 0.0392. The van der Waals surface area contributed by atoms with Gasteiger partial charge in [0, 0.05) is 17.7 Å².